The molecule has 1 saturated carbocycles. The molecule has 1 aliphatic rings. The van der Waals surface area contributed by atoms with E-state index < -0.39 is 0 Å². The molecule has 0 atom stereocenters. The molecule has 0 spiro atoms. The molecule has 0 heterocycles. The molecule has 0 saturated heterocycles. The van der Waals surface area contributed by atoms with Crippen molar-refractivity contribution < 1.29 is 4.79 Å². The topological polar surface area (TPSA) is 41.1 Å². The Bertz CT molecular complexity index is 191. The monoisotopic (exact) mass is 244 g/mol. The highest BCUT2D eigenvalue weighted by Crippen LogP contribution is 2.16. The molecule has 16 heavy (non-hydrogen) atoms. The van der Waals surface area contributed by atoms with Crippen molar-refractivity contribution in [2.75, 3.05) is 25.1 Å². The largest absolute Gasteiger partial charge is 0.352 e. The van der Waals surface area contributed by atoms with E-state index in [0.717, 1.165) is 25.1 Å². The van der Waals surface area contributed by atoms with Crippen LogP contribution in [0.2, 0.25) is 0 Å². The van der Waals surface area contributed by atoms with E-state index >= 15 is 0 Å². The van der Waals surface area contributed by atoms with Crippen LogP contribution >= 0.6 is 11.8 Å². The van der Waals surface area contributed by atoms with Gasteiger partial charge in [-0.2, -0.15) is 11.8 Å². The maximum atomic E-state index is 11.6. The Hall–Kier alpha value is -0.220. The first-order chi connectivity index (χ1) is 7.83. The van der Waals surface area contributed by atoms with Crippen molar-refractivity contribution in [2.24, 2.45) is 0 Å². The molecule has 3 nitrogen and oxygen atoms in total. The Morgan fingerprint density at radius 2 is 1.94 bits per heavy atom. The first-order valence-corrected chi connectivity index (χ1v) is 7.71. The fourth-order valence-electron chi connectivity index (χ4n) is 2.08. The van der Waals surface area contributed by atoms with Gasteiger partial charge in [-0.3, -0.25) is 4.79 Å². The Morgan fingerprint density at radius 3 is 2.56 bits per heavy atom. The molecule has 0 aliphatic heterocycles. The summed E-state index contributed by atoms with van der Waals surface area (Å²) < 4.78 is 0. The average molecular weight is 244 g/mol. The van der Waals surface area contributed by atoms with Gasteiger partial charge >= 0.3 is 0 Å². The molecule has 0 aromatic heterocycles. The van der Waals surface area contributed by atoms with E-state index in [1.165, 1.54) is 25.7 Å². The van der Waals surface area contributed by atoms with Gasteiger partial charge in [0.05, 0.1) is 6.54 Å². The van der Waals surface area contributed by atoms with Gasteiger partial charge in [-0.25, -0.2) is 0 Å². The lowest BCUT2D eigenvalue weighted by Crippen LogP contribution is -2.40. The number of nitrogens with one attached hydrogen (secondary N) is 2. The second-order valence-electron chi connectivity index (χ2n) is 4.43. The van der Waals surface area contributed by atoms with Crippen molar-refractivity contribution in [1.82, 2.24) is 10.6 Å². The van der Waals surface area contributed by atoms with Gasteiger partial charge in [0.25, 0.3) is 0 Å². The number of thioether (sulfide) groups is 1. The highest BCUT2D eigenvalue weighted by Gasteiger charge is 2.13. The first-order valence-electron chi connectivity index (χ1n) is 6.32. The summed E-state index contributed by atoms with van der Waals surface area (Å²) in [4.78, 5) is 11.6. The van der Waals surface area contributed by atoms with E-state index in [-0.39, 0.29) is 5.91 Å². The minimum Gasteiger partial charge on any atom is -0.352 e. The molecule has 1 rings (SSSR count). The number of hydrogen-bond acceptors (Lipinski definition) is 3. The fraction of sp³-hybridized carbons (Fsp3) is 0.917. The summed E-state index contributed by atoms with van der Waals surface area (Å²) in [5, 5.41) is 6.29. The van der Waals surface area contributed by atoms with Crippen LogP contribution in [0.1, 0.15) is 38.5 Å². The summed E-state index contributed by atoms with van der Waals surface area (Å²) in [6.45, 7) is 1.39. The molecule has 1 fully saturated rings. The number of amides is 1. The standard InChI is InChI=1S/C12H24N2OS/c1-16-9-8-13-10-12(15)14-11-6-4-2-3-5-7-11/h11,13H,2-10H2,1H3,(H,14,15). The molecule has 0 aromatic carbocycles. The number of carbonyl (C=O) groups is 1. The zero-order chi connectivity index (χ0) is 11.6. The highest BCUT2D eigenvalue weighted by atomic mass is 32.2. The molecule has 0 bridgehead atoms. The molecule has 4 heteroatoms. The van der Waals surface area contributed by atoms with Crippen LogP contribution in [0, 0.1) is 0 Å². The molecule has 0 aromatic rings. The number of carbonyl (C=O) groups excluding carboxylic acids is 1. The van der Waals surface area contributed by atoms with Crippen LogP contribution in [0.4, 0.5) is 0 Å². The first kappa shape index (κ1) is 13.8. The van der Waals surface area contributed by atoms with Gasteiger partial charge in [0.15, 0.2) is 0 Å². The van der Waals surface area contributed by atoms with Crippen LogP contribution < -0.4 is 10.6 Å². The van der Waals surface area contributed by atoms with Crippen molar-refractivity contribution in [3.63, 3.8) is 0 Å². The highest BCUT2D eigenvalue weighted by molar-refractivity contribution is 7.98. The van der Waals surface area contributed by atoms with Crippen LogP contribution in [-0.2, 0) is 4.79 Å². The summed E-state index contributed by atoms with van der Waals surface area (Å²) in [7, 11) is 0. The summed E-state index contributed by atoms with van der Waals surface area (Å²) >= 11 is 1.80. The Labute approximate surface area is 103 Å². The summed E-state index contributed by atoms with van der Waals surface area (Å²) in [6.07, 6.45) is 9.60. The second-order valence-corrected chi connectivity index (χ2v) is 5.41. The van der Waals surface area contributed by atoms with Crippen molar-refractivity contribution in [1.29, 1.82) is 0 Å². The molecular weight excluding hydrogens is 220 g/mol. The molecule has 0 unspecified atom stereocenters. The molecular formula is C12H24N2OS. The van der Waals surface area contributed by atoms with Gasteiger partial charge < -0.3 is 10.6 Å². The second kappa shape index (κ2) is 8.88. The summed E-state index contributed by atoms with van der Waals surface area (Å²) in [5.74, 6) is 1.23. The molecule has 94 valence electrons. The zero-order valence-corrected chi connectivity index (χ0v) is 11.1. The van der Waals surface area contributed by atoms with Gasteiger partial charge in [-0.15, -0.1) is 0 Å². The Balaban J connectivity index is 2.07. The summed E-state index contributed by atoms with van der Waals surface area (Å²) in [5.41, 5.74) is 0. The van der Waals surface area contributed by atoms with Gasteiger partial charge in [-0.1, -0.05) is 25.7 Å². The van der Waals surface area contributed by atoms with E-state index in [9.17, 15) is 4.79 Å². The van der Waals surface area contributed by atoms with E-state index in [1.807, 2.05) is 0 Å². The van der Waals surface area contributed by atoms with E-state index in [0.29, 0.717) is 12.6 Å². The van der Waals surface area contributed by atoms with E-state index in [2.05, 4.69) is 16.9 Å². The predicted octanol–water partition coefficient (Wildman–Crippen LogP) is 1.78. The number of hydrogen-bond donors (Lipinski definition) is 2. The molecule has 1 aliphatic carbocycles. The third kappa shape index (κ3) is 6.38. The lowest BCUT2D eigenvalue weighted by Gasteiger charge is -2.16. The number of rotatable bonds is 6. The van der Waals surface area contributed by atoms with Crippen molar-refractivity contribution in [2.45, 2.75) is 44.6 Å². The Kier molecular flexibility index (Phi) is 7.68. The van der Waals surface area contributed by atoms with Crippen molar-refractivity contribution >= 4 is 17.7 Å². The smallest absolute Gasteiger partial charge is 0.234 e. The van der Waals surface area contributed by atoms with E-state index in [1.54, 1.807) is 11.8 Å². The quantitative estimate of drug-likeness (QED) is 0.553. The molecule has 0 radical (unpaired) electrons. The van der Waals surface area contributed by atoms with Gasteiger partial charge in [0.1, 0.15) is 0 Å². The summed E-state index contributed by atoms with van der Waals surface area (Å²) in [6, 6.07) is 0.428. The van der Waals surface area contributed by atoms with Gasteiger partial charge in [0.2, 0.25) is 5.91 Å². The minimum absolute atomic E-state index is 0.160. The maximum Gasteiger partial charge on any atom is 0.234 e. The van der Waals surface area contributed by atoms with E-state index in [4.69, 9.17) is 0 Å². The lowest BCUT2D eigenvalue weighted by molar-refractivity contribution is -0.121. The third-order valence-corrected chi connectivity index (χ3v) is 3.60. The molecule has 2 N–H and O–H groups in total. The van der Waals surface area contributed by atoms with Crippen LogP contribution in [0.15, 0.2) is 0 Å². The SMILES string of the molecule is CSCCNCC(=O)NC1CCCCCC1. The van der Waals surface area contributed by atoms with Crippen LogP contribution in [0.5, 0.6) is 0 Å². The van der Waals surface area contributed by atoms with Crippen molar-refractivity contribution in [3.8, 4) is 0 Å². The van der Waals surface area contributed by atoms with Gasteiger partial charge in [-0.05, 0) is 19.1 Å². The fourth-order valence-corrected chi connectivity index (χ4v) is 2.43. The van der Waals surface area contributed by atoms with Gasteiger partial charge in [0, 0.05) is 18.3 Å². The maximum absolute atomic E-state index is 11.6. The lowest BCUT2D eigenvalue weighted by atomic mass is 10.1. The normalized spacial score (nSPS) is 18.1. The minimum atomic E-state index is 0.160. The van der Waals surface area contributed by atoms with Crippen LogP contribution in [0.3, 0.4) is 0 Å². The zero-order valence-electron chi connectivity index (χ0n) is 10.3. The predicted molar refractivity (Wildman–Crippen MR) is 70.9 cm³/mol. The van der Waals surface area contributed by atoms with Crippen molar-refractivity contribution in [3.05, 3.63) is 0 Å². The average Bonchev–Trinajstić information content (AvgIpc) is 2.53. The molecule has 1 amide bonds. The van der Waals surface area contributed by atoms with Crippen LogP contribution in [-0.4, -0.2) is 37.0 Å². The third-order valence-electron chi connectivity index (χ3n) is 2.99. The van der Waals surface area contributed by atoms with Crippen LogP contribution in [0.25, 0.3) is 0 Å². The Morgan fingerprint density at radius 1 is 1.25 bits per heavy atom.